The van der Waals surface area contributed by atoms with Gasteiger partial charge >= 0.3 is 0 Å². The molecule has 2 aromatic heterocycles. The molecular formula is C22H22N4O3. The van der Waals surface area contributed by atoms with Crippen molar-refractivity contribution in [1.29, 1.82) is 0 Å². The quantitative estimate of drug-likeness (QED) is 0.344. The molecule has 0 aliphatic carbocycles. The van der Waals surface area contributed by atoms with Gasteiger partial charge in [-0.3, -0.25) is 9.59 Å². The summed E-state index contributed by atoms with van der Waals surface area (Å²) in [6, 6.07) is 14.9. The number of aliphatic hydroxyl groups excluding tert-OH is 1. The van der Waals surface area contributed by atoms with Crippen molar-refractivity contribution in [2.24, 2.45) is 0 Å². The van der Waals surface area contributed by atoms with Crippen LogP contribution in [-0.2, 0) is 4.79 Å². The molecule has 0 aliphatic rings. The van der Waals surface area contributed by atoms with Gasteiger partial charge in [-0.25, -0.2) is 0 Å². The second kappa shape index (κ2) is 7.81. The molecule has 5 N–H and O–H groups in total. The number of aromatic amines is 2. The lowest BCUT2D eigenvalue weighted by molar-refractivity contribution is -0.116. The Morgan fingerprint density at radius 3 is 2.28 bits per heavy atom. The molecular weight excluding hydrogens is 368 g/mol. The van der Waals surface area contributed by atoms with E-state index in [2.05, 4.69) is 20.6 Å². The highest BCUT2D eigenvalue weighted by Crippen LogP contribution is 2.23. The summed E-state index contributed by atoms with van der Waals surface area (Å²) >= 11 is 0. The van der Waals surface area contributed by atoms with Crippen LogP contribution in [0.3, 0.4) is 0 Å². The summed E-state index contributed by atoms with van der Waals surface area (Å²) in [6.07, 6.45) is 0.691. The van der Waals surface area contributed by atoms with Crippen LogP contribution in [0.15, 0.2) is 48.5 Å². The molecule has 2 aromatic carbocycles. The Hall–Kier alpha value is -3.58. The number of hydrogen-bond donors (Lipinski definition) is 5. The summed E-state index contributed by atoms with van der Waals surface area (Å²) in [5.41, 5.74) is 4.71. The van der Waals surface area contributed by atoms with Gasteiger partial charge < -0.3 is 25.7 Å². The van der Waals surface area contributed by atoms with E-state index in [0.29, 0.717) is 17.8 Å². The zero-order valence-corrected chi connectivity index (χ0v) is 16.0. The molecule has 148 valence electrons. The third-order valence-electron chi connectivity index (χ3n) is 4.72. The zero-order valence-electron chi connectivity index (χ0n) is 16.0. The van der Waals surface area contributed by atoms with Crippen molar-refractivity contribution in [1.82, 2.24) is 9.97 Å². The van der Waals surface area contributed by atoms with E-state index in [4.69, 9.17) is 5.11 Å². The fourth-order valence-corrected chi connectivity index (χ4v) is 3.35. The van der Waals surface area contributed by atoms with Gasteiger partial charge in [0.1, 0.15) is 5.69 Å². The van der Waals surface area contributed by atoms with E-state index in [-0.39, 0.29) is 24.8 Å². The van der Waals surface area contributed by atoms with Crippen LogP contribution < -0.4 is 10.6 Å². The van der Waals surface area contributed by atoms with Crippen LogP contribution in [0.4, 0.5) is 11.4 Å². The van der Waals surface area contributed by atoms with Crippen molar-refractivity contribution in [3.8, 4) is 0 Å². The fraction of sp³-hybridized carbons (Fsp3) is 0.182. The summed E-state index contributed by atoms with van der Waals surface area (Å²) in [5, 5.41) is 16.4. The third-order valence-corrected chi connectivity index (χ3v) is 4.72. The van der Waals surface area contributed by atoms with Crippen LogP contribution in [0.25, 0.3) is 21.8 Å². The van der Waals surface area contributed by atoms with Crippen molar-refractivity contribution < 1.29 is 14.7 Å². The Morgan fingerprint density at radius 2 is 1.55 bits per heavy atom. The minimum Gasteiger partial charge on any atom is -0.396 e. The van der Waals surface area contributed by atoms with Crippen LogP contribution in [-0.4, -0.2) is 33.5 Å². The highest BCUT2D eigenvalue weighted by Gasteiger charge is 2.11. The van der Waals surface area contributed by atoms with Crippen molar-refractivity contribution in [3.63, 3.8) is 0 Å². The van der Waals surface area contributed by atoms with Crippen LogP contribution in [0.2, 0.25) is 0 Å². The first-order valence-electron chi connectivity index (χ1n) is 9.46. The number of aliphatic hydroxyl groups is 1. The number of aromatic nitrogens is 2. The normalized spacial score (nSPS) is 11.1. The van der Waals surface area contributed by atoms with Crippen LogP contribution in [0.1, 0.15) is 29.0 Å². The molecule has 0 atom stereocenters. The minimum atomic E-state index is -0.235. The Kier molecular flexibility index (Phi) is 5.05. The van der Waals surface area contributed by atoms with Gasteiger partial charge in [0.25, 0.3) is 5.91 Å². The molecule has 7 heteroatoms. The van der Waals surface area contributed by atoms with Crippen molar-refractivity contribution >= 4 is 45.0 Å². The van der Waals surface area contributed by atoms with Gasteiger partial charge in [0.05, 0.1) is 0 Å². The van der Waals surface area contributed by atoms with E-state index in [1.807, 2.05) is 43.3 Å². The van der Waals surface area contributed by atoms with Gasteiger partial charge in [0.15, 0.2) is 0 Å². The summed E-state index contributed by atoms with van der Waals surface area (Å²) < 4.78 is 0. The zero-order chi connectivity index (χ0) is 20.4. The molecule has 2 heterocycles. The average molecular weight is 390 g/mol. The number of fused-ring (bicyclic) bond motifs is 2. The Labute approximate surface area is 167 Å². The number of nitrogens with one attached hydrogen (secondary N) is 4. The smallest absolute Gasteiger partial charge is 0.272 e. The molecule has 4 rings (SSSR count). The van der Waals surface area contributed by atoms with Gasteiger partial charge in [0.2, 0.25) is 5.91 Å². The molecule has 0 saturated heterocycles. The van der Waals surface area contributed by atoms with Gasteiger partial charge in [0, 0.05) is 51.9 Å². The molecule has 0 radical (unpaired) electrons. The predicted octanol–water partition coefficient (Wildman–Crippen LogP) is 3.92. The lowest BCUT2D eigenvalue weighted by Crippen LogP contribution is -2.12. The number of benzene rings is 2. The number of anilines is 2. The number of amides is 2. The number of aryl methyl sites for hydroxylation is 1. The highest BCUT2D eigenvalue weighted by molar-refractivity contribution is 6.07. The number of H-pyrrole nitrogens is 2. The summed E-state index contributed by atoms with van der Waals surface area (Å²) in [6.45, 7) is 1.98. The highest BCUT2D eigenvalue weighted by atomic mass is 16.3. The topological polar surface area (TPSA) is 110 Å². The SMILES string of the molecule is Cc1cc2cc(NC(=O)c3cc4cc(NC(=O)CCCO)ccc4[nH]3)ccc2[nH]1. The summed E-state index contributed by atoms with van der Waals surface area (Å²) in [4.78, 5) is 30.8. The summed E-state index contributed by atoms with van der Waals surface area (Å²) in [5.74, 6) is -0.386. The standard InChI is InChI=1S/C22H22N4O3/c1-13-9-14-10-17(5-6-18(14)23-13)25-22(29)20-12-15-11-16(4-7-19(15)26-20)24-21(28)3-2-8-27/h4-7,9-12,23,26-27H,2-3,8H2,1H3,(H,24,28)(H,25,29). The van der Waals surface area contributed by atoms with E-state index < -0.39 is 0 Å². The van der Waals surface area contributed by atoms with Gasteiger partial charge in [-0.15, -0.1) is 0 Å². The van der Waals surface area contributed by atoms with Gasteiger partial charge in [-0.05, 0) is 61.9 Å². The maximum atomic E-state index is 12.7. The molecule has 0 bridgehead atoms. The maximum Gasteiger partial charge on any atom is 0.272 e. The molecule has 0 saturated carbocycles. The van der Waals surface area contributed by atoms with Crippen LogP contribution in [0.5, 0.6) is 0 Å². The summed E-state index contributed by atoms with van der Waals surface area (Å²) in [7, 11) is 0. The Morgan fingerprint density at radius 1 is 0.897 bits per heavy atom. The number of carbonyl (C=O) groups excluding carboxylic acids is 2. The van der Waals surface area contributed by atoms with E-state index >= 15 is 0 Å². The van der Waals surface area contributed by atoms with Crippen molar-refractivity contribution in [2.45, 2.75) is 19.8 Å². The fourth-order valence-electron chi connectivity index (χ4n) is 3.35. The molecule has 0 aliphatic heterocycles. The minimum absolute atomic E-state index is 0.0145. The van der Waals surface area contributed by atoms with Crippen LogP contribution in [0, 0.1) is 6.92 Å². The Balaban J connectivity index is 1.50. The number of hydrogen-bond acceptors (Lipinski definition) is 3. The maximum absolute atomic E-state index is 12.7. The van der Waals surface area contributed by atoms with Crippen LogP contribution >= 0.6 is 0 Å². The molecule has 0 spiro atoms. The van der Waals surface area contributed by atoms with Gasteiger partial charge in [-0.2, -0.15) is 0 Å². The molecule has 0 unspecified atom stereocenters. The number of carbonyl (C=O) groups is 2. The van der Waals surface area contributed by atoms with E-state index in [1.54, 1.807) is 12.1 Å². The third kappa shape index (κ3) is 4.14. The molecule has 29 heavy (non-hydrogen) atoms. The average Bonchev–Trinajstić information content (AvgIpc) is 3.28. The second-order valence-corrected chi connectivity index (χ2v) is 7.07. The molecule has 0 fully saturated rings. The monoisotopic (exact) mass is 390 g/mol. The Bertz CT molecular complexity index is 1210. The molecule has 7 nitrogen and oxygen atoms in total. The second-order valence-electron chi connectivity index (χ2n) is 7.07. The first-order chi connectivity index (χ1) is 14.0. The van der Waals surface area contributed by atoms with Crippen molar-refractivity contribution in [2.75, 3.05) is 17.2 Å². The number of rotatable bonds is 6. The van der Waals surface area contributed by atoms with Gasteiger partial charge in [-0.1, -0.05) is 0 Å². The molecule has 4 aromatic rings. The predicted molar refractivity (Wildman–Crippen MR) is 114 cm³/mol. The van der Waals surface area contributed by atoms with E-state index in [0.717, 1.165) is 33.2 Å². The first-order valence-corrected chi connectivity index (χ1v) is 9.46. The van der Waals surface area contributed by atoms with Crippen molar-refractivity contribution in [3.05, 3.63) is 59.9 Å². The van der Waals surface area contributed by atoms with E-state index in [1.165, 1.54) is 0 Å². The molecule has 2 amide bonds. The van der Waals surface area contributed by atoms with E-state index in [9.17, 15) is 9.59 Å². The first kappa shape index (κ1) is 18.8. The largest absolute Gasteiger partial charge is 0.396 e. The lowest BCUT2D eigenvalue weighted by atomic mass is 10.2. The lowest BCUT2D eigenvalue weighted by Gasteiger charge is -2.04.